The molecule has 0 bridgehead atoms. The number of amides is 2. The van der Waals surface area contributed by atoms with E-state index in [4.69, 9.17) is 4.42 Å². The molecule has 5 rings (SSSR count). The Labute approximate surface area is 180 Å². The van der Waals surface area contributed by atoms with Crippen molar-refractivity contribution in [1.82, 2.24) is 10.2 Å². The van der Waals surface area contributed by atoms with Crippen LogP contribution in [-0.4, -0.2) is 36.3 Å². The van der Waals surface area contributed by atoms with Gasteiger partial charge in [0.2, 0.25) is 0 Å². The van der Waals surface area contributed by atoms with Crippen LogP contribution < -0.4 is 5.32 Å². The van der Waals surface area contributed by atoms with E-state index in [1.165, 1.54) is 0 Å². The van der Waals surface area contributed by atoms with Crippen molar-refractivity contribution in [1.29, 1.82) is 0 Å². The first kappa shape index (κ1) is 19.4. The summed E-state index contributed by atoms with van der Waals surface area (Å²) >= 11 is 0. The molecule has 0 aliphatic carbocycles. The van der Waals surface area contributed by atoms with Crippen molar-refractivity contribution in [2.45, 2.75) is 12.8 Å². The zero-order valence-corrected chi connectivity index (χ0v) is 17.2. The van der Waals surface area contributed by atoms with Crippen LogP contribution in [0.5, 0.6) is 0 Å². The first-order valence-electron chi connectivity index (χ1n) is 10.7. The van der Waals surface area contributed by atoms with E-state index in [1.807, 2.05) is 77.7 Å². The summed E-state index contributed by atoms with van der Waals surface area (Å²) in [6, 6.07) is 23.3. The molecule has 1 aromatic heterocycles. The Bertz CT molecular complexity index is 1220. The van der Waals surface area contributed by atoms with Gasteiger partial charge in [-0.25, -0.2) is 0 Å². The molecule has 1 aliphatic heterocycles. The molecule has 1 N–H and O–H groups in total. The lowest BCUT2D eigenvalue weighted by Crippen LogP contribution is -2.41. The normalized spacial score (nSPS) is 14.8. The molecule has 0 unspecified atom stereocenters. The third kappa shape index (κ3) is 4.04. The van der Waals surface area contributed by atoms with Crippen molar-refractivity contribution in [3.63, 3.8) is 0 Å². The molecule has 1 aliphatic rings. The minimum atomic E-state index is -0.0603. The number of hydrogen-bond acceptors (Lipinski definition) is 3. The average Bonchev–Trinajstić information content (AvgIpc) is 3.26. The molecule has 1 saturated heterocycles. The van der Waals surface area contributed by atoms with Gasteiger partial charge in [-0.05, 0) is 53.8 Å². The first-order valence-corrected chi connectivity index (χ1v) is 10.7. The Morgan fingerprint density at radius 2 is 1.58 bits per heavy atom. The zero-order chi connectivity index (χ0) is 21.2. The standard InChI is InChI=1S/C26H24N2O3/c29-25(22-10-9-19-5-1-2-6-20(19)15-22)27-17-18-11-13-28(14-12-18)26(30)24-16-21-7-3-4-8-23(21)31-24/h1-10,15-16,18H,11-14,17H2,(H,27,29). The van der Waals surface area contributed by atoms with Crippen molar-refractivity contribution < 1.29 is 14.0 Å². The summed E-state index contributed by atoms with van der Waals surface area (Å²) in [6.45, 7) is 1.97. The number of furan rings is 1. The lowest BCUT2D eigenvalue weighted by Gasteiger charge is -2.31. The second kappa shape index (κ2) is 8.26. The van der Waals surface area contributed by atoms with Gasteiger partial charge in [0.15, 0.2) is 5.76 Å². The number of nitrogens with zero attached hydrogens (tertiary/aromatic N) is 1. The predicted octanol–water partition coefficient (Wildman–Crippen LogP) is 4.87. The highest BCUT2D eigenvalue weighted by molar-refractivity contribution is 5.98. The third-order valence-corrected chi connectivity index (χ3v) is 6.10. The summed E-state index contributed by atoms with van der Waals surface area (Å²) in [4.78, 5) is 27.2. The van der Waals surface area contributed by atoms with Gasteiger partial charge in [-0.1, -0.05) is 48.5 Å². The van der Waals surface area contributed by atoms with E-state index >= 15 is 0 Å². The molecule has 5 nitrogen and oxygen atoms in total. The minimum Gasteiger partial charge on any atom is -0.451 e. The fourth-order valence-electron chi connectivity index (χ4n) is 4.25. The van der Waals surface area contributed by atoms with Crippen LogP contribution in [0.2, 0.25) is 0 Å². The summed E-state index contributed by atoms with van der Waals surface area (Å²) < 4.78 is 5.72. The van der Waals surface area contributed by atoms with Crippen LogP contribution in [0.4, 0.5) is 0 Å². The molecule has 31 heavy (non-hydrogen) atoms. The molecule has 4 aromatic rings. The van der Waals surface area contributed by atoms with Crippen molar-refractivity contribution in [2.24, 2.45) is 5.92 Å². The molecule has 0 atom stereocenters. The topological polar surface area (TPSA) is 62.6 Å². The second-order valence-electron chi connectivity index (χ2n) is 8.16. The highest BCUT2D eigenvalue weighted by Crippen LogP contribution is 2.23. The molecule has 2 amide bonds. The molecule has 2 heterocycles. The number of likely N-dealkylation sites (tertiary alicyclic amines) is 1. The molecule has 5 heteroatoms. The summed E-state index contributed by atoms with van der Waals surface area (Å²) in [7, 11) is 0. The SMILES string of the molecule is O=C(NCC1CCN(C(=O)c2cc3ccccc3o2)CC1)c1ccc2ccccc2c1. The van der Waals surface area contributed by atoms with Gasteiger partial charge in [0.1, 0.15) is 5.58 Å². The van der Waals surface area contributed by atoms with Crippen LogP contribution in [0.15, 0.2) is 77.2 Å². The van der Waals surface area contributed by atoms with Crippen molar-refractivity contribution in [3.8, 4) is 0 Å². The lowest BCUT2D eigenvalue weighted by atomic mass is 9.96. The first-order chi connectivity index (χ1) is 15.2. The lowest BCUT2D eigenvalue weighted by molar-refractivity contribution is 0.0655. The van der Waals surface area contributed by atoms with E-state index in [2.05, 4.69) is 5.32 Å². The monoisotopic (exact) mass is 412 g/mol. The van der Waals surface area contributed by atoms with Gasteiger partial charge in [0.25, 0.3) is 11.8 Å². The fourth-order valence-corrected chi connectivity index (χ4v) is 4.25. The molecule has 3 aromatic carbocycles. The van der Waals surface area contributed by atoms with Crippen LogP contribution in [0, 0.1) is 5.92 Å². The van der Waals surface area contributed by atoms with Crippen molar-refractivity contribution in [2.75, 3.05) is 19.6 Å². The number of carbonyl (C=O) groups excluding carboxylic acids is 2. The van der Waals surface area contributed by atoms with Gasteiger partial charge in [-0.15, -0.1) is 0 Å². The summed E-state index contributed by atoms with van der Waals surface area (Å²) in [6.07, 6.45) is 1.73. The Morgan fingerprint density at radius 3 is 2.35 bits per heavy atom. The number of piperidine rings is 1. The quantitative estimate of drug-likeness (QED) is 0.520. The second-order valence-corrected chi connectivity index (χ2v) is 8.16. The van der Waals surface area contributed by atoms with E-state index in [9.17, 15) is 9.59 Å². The maximum Gasteiger partial charge on any atom is 0.289 e. The number of rotatable bonds is 4. The van der Waals surface area contributed by atoms with E-state index in [0.29, 0.717) is 36.9 Å². The van der Waals surface area contributed by atoms with E-state index in [0.717, 1.165) is 34.6 Å². The van der Waals surface area contributed by atoms with Crippen LogP contribution in [0.25, 0.3) is 21.7 Å². The largest absolute Gasteiger partial charge is 0.451 e. The minimum absolute atomic E-state index is 0.0495. The summed E-state index contributed by atoms with van der Waals surface area (Å²) in [5, 5.41) is 6.20. The molecular weight excluding hydrogens is 388 g/mol. The predicted molar refractivity (Wildman–Crippen MR) is 121 cm³/mol. The van der Waals surface area contributed by atoms with Gasteiger partial charge < -0.3 is 14.6 Å². The molecule has 0 spiro atoms. The average molecular weight is 412 g/mol. The molecule has 0 saturated carbocycles. The Morgan fingerprint density at radius 1 is 0.871 bits per heavy atom. The smallest absolute Gasteiger partial charge is 0.289 e. The molecule has 0 radical (unpaired) electrons. The third-order valence-electron chi connectivity index (χ3n) is 6.10. The van der Waals surface area contributed by atoms with E-state index in [-0.39, 0.29) is 11.8 Å². The van der Waals surface area contributed by atoms with Crippen LogP contribution >= 0.6 is 0 Å². The van der Waals surface area contributed by atoms with Gasteiger partial charge in [0, 0.05) is 30.6 Å². The van der Waals surface area contributed by atoms with Crippen molar-refractivity contribution >= 4 is 33.6 Å². The maximum atomic E-state index is 12.8. The molecular formula is C26H24N2O3. The van der Waals surface area contributed by atoms with E-state index < -0.39 is 0 Å². The highest BCUT2D eigenvalue weighted by atomic mass is 16.3. The maximum absolute atomic E-state index is 12.8. The number of nitrogens with one attached hydrogen (secondary N) is 1. The number of para-hydroxylation sites is 1. The number of carbonyl (C=O) groups is 2. The van der Waals surface area contributed by atoms with E-state index in [1.54, 1.807) is 0 Å². The zero-order valence-electron chi connectivity index (χ0n) is 17.2. The van der Waals surface area contributed by atoms with Gasteiger partial charge >= 0.3 is 0 Å². The summed E-state index contributed by atoms with van der Waals surface area (Å²) in [5.41, 5.74) is 1.41. The van der Waals surface area contributed by atoms with Crippen LogP contribution in [-0.2, 0) is 0 Å². The van der Waals surface area contributed by atoms with Gasteiger partial charge in [-0.3, -0.25) is 9.59 Å². The Kier molecular flexibility index (Phi) is 5.16. The highest BCUT2D eigenvalue weighted by Gasteiger charge is 2.26. The van der Waals surface area contributed by atoms with Crippen LogP contribution in [0.1, 0.15) is 33.8 Å². The number of fused-ring (bicyclic) bond motifs is 2. The Balaban J connectivity index is 1.15. The molecule has 156 valence electrons. The van der Waals surface area contributed by atoms with Gasteiger partial charge in [-0.2, -0.15) is 0 Å². The fraction of sp³-hybridized carbons (Fsp3) is 0.231. The molecule has 1 fully saturated rings. The summed E-state index contributed by atoms with van der Waals surface area (Å²) in [5.74, 6) is 0.648. The van der Waals surface area contributed by atoms with Gasteiger partial charge in [0.05, 0.1) is 0 Å². The Hall–Kier alpha value is -3.60. The van der Waals surface area contributed by atoms with Crippen LogP contribution in [0.3, 0.4) is 0 Å². The number of hydrogen-bond donors (Lipinski definition) is 1. The van der Waals surface area contributed by atoms with Crippen molar-refractivity contribution in [3.05, 3.63) is 84.1 Å². The number of benzene rings is 3.